The zero-order chi connectivity index (χ0) is 15.3. The zero-order valence-electron chi connectivity index (χ0n) is 13.3. The van der Waals surface area contributed by atoms with Gasteiger partial charge in [-0.1, -0.05) is 18.2 Å². The molecule has 1 aliphatic carbocycles. The fraction of sp³-hybridized carbons (Fsp3) is 0.588. The maximum absolute atomic E-state index is 9.48. The van der Waals surface area contributed by atoms with Crippen molar-refractivity contribution in [1.29, 1.82) is 5.26 Å². The van der Waals surface area contributed by atoms with Gasteiger partial charge in [-0.2, -0.15) is 5.26 Å². The van der Waals surface area contributed by atoms with Crippen LogP contribution in [0.3, 0.4) is 0 Å². The standard InChI is InChI=1S/C17H22BNO2/c1-16(2)17(3,4)21-18(20-16)14-10-6-8-12-7-5-9-13(11-19)15(12)14/h6,8,10,13H,5,7,9H2,1-4H3. The number of nitriles is 1. The number of nitrogens with zero attached hydrogens (tertiary/aromatic N) is 1. The molecule has 2 aliphatic rings. The summed E-state index contributed by atoms with van der Waals surface area (Å²) in [6.45, 7) is 8.24. The normalized spacial score (nSPS) is 26.2. The Kier molecular flexibility index (Phi) is 3.39. The fourth-order valence-electron chi connectivity index (χ4n) is 3.22. The predicted molar refractivity (Wildman–Crippen MR) is 83.5 cm³/mol. The van der Waals surface area contributed by atoms with Gasteiger partial charge < -0.3 is 9.31 Å². The Morgan fingerprint density at radius 1 is 1.19 bits per heavy atom. The van der Waals surface area contributed by atoms with Crippen LogP contribution in [-0.4, -0.2) is 18.3 Å². The summed E-state index contributed by atoms with van der Waals surface area (Å²) in [5, 5.41) is 9.48. The van der Waals surface area contributed by atoms with Crippen LogP contribution in [0.25, 0.3) is 0 Å². The fourth-order valence-corrected chi connectivity index (χ4v) is 3.22. The van der Waals surface area contributed by atoms with Crippen LogP contribution in [0, 0.1) is 11.3 Å². The summed E-state index contributed by atoms with van der Waals surface area (Å²) in [6.07, 6.45) is 3.05. The van der Waals surface area contributed by atoms with Crippen LogP contribution >= 0.6 is 0 Å². The highest BCUT2D eigenvalue weighted by Gasteiger charge is 2.52. The molecule has 1 fully saturated rings. The molecule has 0 radical (unpaired) electrons. The first-order valence-corrected chi connectivity index (χ1v) is 7.73. The van der Waals surface area contributed by atoms with Crippen LogP contribution in [0.15, 0.2) is 18.2 Å². The summed E-state index contributed by atoms with van der Waals surface area (Å²) in [7, 11) is -0.376. The Hall–Kier alpha value is -1.31. The molecular weight excluding hydrogens is 261 g/mol. The van der Waals surface area contributed by atoms with Gasteiger partial charge in [-0.15, -0.1) is 0 Å². The van der Waals surface area contributed by atoms with Crippen molar-refractivity contribution in [2.45, 2.75) is 64.1 Å². The Bertz CT molecular complexity index is 587. The van der Waals surface area contributed by atoms with Gasteiger partial charge in [0.05, 0.1) is 23.2 Å². The molecule has 0 bridgehead atoms. The minimum Gasteiger partial charge on any atom is -0.399 e. The van der Waals surface area contributed by atoms with Gasteiger partial charge in [-0.25, -0.2) is 0 Å². The molecule has 0 aromatic heterocycles. The average Bonchev–Trinajstić information content (AvgIpc) is 2.66. The van der Waals surface area contributed by atoms with E-state index in [1.54, 1.807) is 0 Å². The van der Waals surface area contributed by atoms with Gasteiger partial charge in [-0.3, -0.25) is 0 Å². The Labute approximate surface area is 127 Å². The van der Waals surface area contributed by atoms with Crippen LogP contribution in [0.4, 0.5) is 0 Å². The Morgan fingerprint density at radius 3 is 2.48 bits per heavy atom. The topological polar surface area (TPSA) is 42.2 Å². The second-order valence-corrected chi connectivity index (χ2v) is 7.08. The van der Waals surface area contributed by atoms with Crippen molar-refractivity contribution >= 4 is 12.6 Å². The first kappa shape index (κ1) is 14.6. The molecule has 4 heteroatoms. The van der Waals surface area contributed by atoms with E-state index < -0.39 is 0 Å². The SMILES string of the molecule is CC1(C)OB(c2cccc3c2C(C#N)CCC3)OC1(C)C. The van der Waals surface area contributed by atoms with E-state index in [-0.39, 0.29) is 24.2 Å². The van der Waals surface area contributed by atoms with Crippen molar-refractivity contribution in [3.8, 4) is 6.07 Å². The maximum Gasteiger partial charge on any atom is 0.495 e. The molecule has 1 aliphatic heterocycles. The quantitative estimate of drug-likeness (QED) is 0.744. The third kappa shape index (κ3) is 2.29. The van der Waals surface area contributed by atoms with E-state index in [0.29, 0.717) is 0 Å². The minimum atomic E-state index is -0.376. The van der Waals surface area contributed by atoms with Crippen LogP contribution in [-0.2, 0) is 15.7 Å². The van der Waals surface area contributed by atoms with Crippen LogP contribution in [0.1, 0.15) is 57.6 Å². The summed E-state index contributed by atoms with van der Waals surface area (Å²) >= 11 is 0. The lowest BCUT2D eigenvalue weighted by Gasteiger charge is -2.32. The molecule has 1 aromatic rings. The molecule has 1 heterocycles. The summed E-state index contributed by atoms with van der Waals surface area (Å²) in [6, 6.07) is 8.69. The number of hydrogen-bond donors (Lipinski definition) is 0. The largest absolute Gasteiger partial charge is 0.495 e. The number of fused-ring (bicyclic) bond motifs is 1. The smallest absolute Gasteiger partial charge is 0.399 e. The Balaban J connectivity index is 2.04. The third-order valence-electron chi connectivity index (χ3n) is 5.18. The molecule has 0 spiro atoms. The van der Waals surface area contributed by atoms with Crippen molar-refractivity contribution < 1.29 is 9.31 Å². The molecule has 3 rings (SSSR count). The van der Waals surface area contributed by atoms with Crippen molar-refractivity contribution in [3.05, 3.63) is 29.3 Å². The number of aryl methyl sites for hydroxylation is 1. The van der Waals surface area contributed by atoms with E-state index >= 15 is 0 Å². The first-order chi connectivity index (χ1) is 9.86. The zero-order valence-corrected chi connectivity index (χ0v) is 13.3. The molecule has 0 N–H and O–H groups in total. The van der Waals surface area contributed by atoms with E-state index in [2.05, 4.69) is 52.0 Å². The van der Waals surface area contributed by atoms with Crippen molar-refractivity contribution in [2.24, 2.45) is 0 Å². The summed E-state index contributed by atoms with van der Waals surface area (Å²) in [4.78, 5) is 0. The second kappa shape index (κ2) is 4.86. The van der Waals surface area contributed by atoms with E-state index in [1.165, 1.54) is 5.56 Å². The Morgan fingerprint density at radius 2 is 1.86 bits per heavy atom. The van der Waals surface area contributed by atoms with Gasteiger partial charge >= 0.3 is 7.12 Å². The highest BCUT2D eigenvalue weighted by Crippen LogP contribution is 2.38. The van der Waals surface area contributed by atoms with Crippen LogP contribution < -0.4 is 5.46 Å². The monoisotopic (exact) mass is 283 g/mol. The third-order valence-corrected chi connectivity index (χ3v) is 5.18. The molecule has 1 unspecified atom stereocenters. The van der Waals surface area contributed by atoms with Gasteiger partial charge in [0.1, 0.15) is 0 Å². The maximum atomic E-state index is 9.48. The van der Waals surface area contributed by atoms with Gasteiger partial charge in [0, 0.05) is 0 Å². The van der Waals surface area contributed by atoms with E-state index in [1.807, 2.05) is 0 Å². The summed E-state index contributed by atoms with van der Waals surface area (Å²) < 4.78 is 12.4. The van der Waals surface area contributed by atoms with Crippen molar-refractivity contribution in [3.63, 3.8) is 0 Å². The van der Waals surface area contributed by atoms with E-state index in [0.717, 1.165) is 30.3 Å². The van der Waals surface area contributed by atoms with Crippen LogP contribution in [0.2, 0.25) is 0 Å². The second-order valence-electron chi connectivity index (χ2n) is 7.08. The molecule has 110 valence electrons. The summed E-state index contributed by atoms with van der Waals surface area (Å²) in [5.41, 5.74) is 2.76. The molecule has 21 heavy (non-hydrogen) atoms. The average molecular weight is 283 g/mol. The predicted octanol–water partition coefficient (Wildman–Crippen LogP) is 2.93. The van der Waals surface area contributed by atoms with Gasteiger partial charge in [0.15, 0.2) is 0 Å². The lowest BCUT2D eigenvalue weighted by atomic mass is 9.69. The molecule has 1 aromatic carbocycles. The van der Waals surface area contributed by atoms with Crippen LogP contribution in [0.5, 0.6) is 0 Å². The number of rotatable bonds is 1. The van der Waals surface area contributed by atoms with Gasteiger partial charge in [-0.05, 0) is 63.5 Å². The van der Waals surface area contributed by atoms with E-state index in [4.69, 9.17) is 9.31 Å². The van der Waals surface area contributed by atoms with Gasteiger partial charge in [0.2, 0.25) is 0 Å². The van der Waals surface area contributed by atoms with Crippen molar-refractivity contribution in [1.82, 2.24) is 0 Å². The number of hydrogen-bond acceptors (Lipinski definition) is 3. The summed E-state index contributed by atoms with van der Waals surface area (Å²) in [5.74, 6) is -0.0380. The van der Waals surface area contributed by atoms with E-state index in [9.17, 15) is 5.26 Å². The first-order valence-electron chi connectivity index (χ1n) is 7.73. The molecule has 1 atom stereocenters. The molecule has 0 amide bonds. The van der Waals surface area contributed by atoms with Crippen molar-refractivity contribution in [2.75, 3.05) is 0 Å². The van der Waals surface area contributed by atoms with Gasteiger partial charge in [0.25, 0.3) is 0 Å². The highest BCUT2D eigenvalue weighted by molar-refractivity contribution is 6.62. The molecular formula is C17H22BNO2. The molecule has 1 saturated heterocycles. The lowest BCUT2D eigenvalue weighted by molar-refractivity contribution is 0.00578. The molecule has 0 saturated carbocycles. The highest BCUT2D eigenvalue weighted by atomic mass is 16.7. The lowest BCUT2D eigenvalue weighted by Crippen LogP contribution is -2.41. The minimum absolute atomic E-state index is 0.0380. The molecule has 3 nitrogen and oxygen atoms in total. The number of benzene rings is 1.